The summed E-state index contributed by atoms with van der Waals surface area (Å²) in [5, 5.41) is 7.46. The standard InChI is InChI=1S/C16H30N4O5/c1-3-4-5-6-7-8-14(22)20-12(11-13(17)21)15(23)18-9-10-19-16(24)25-2/h12H,3-11H2,1-2H3,(H2,17,21)(H,18,23)(H,19,24)(H,20,22)/t12-/m1/s1. The lowest BCUT2D eigenvalue weighted by Crippen LogP contribution is -2.49. The fourth-order valence-corrected chi connectivity index (χ4v) is 2.11. The molecule has 0 heterocycles. The molecule has 1 atom stereocenters. The summed E-state index contributed by atoms with van der Waals surface area (Å²) in [6.07, 6.45) is 4.42. The Morgan fingerprint density at radius 3 is 2.24 bits per heavy atom. The van der Waals surface area contributed by atoms with Crippen LogP contribution >= 0.6 is 0 Å². The normalized spacial score (nSPS) is 11.3. The second kappa shape index (κ2) is 14.1. The van der Waals surface area contributed by atoms with Crippen molar-refractivity contribution in [3.8, 4) is 0 Å². The maximum atomic E-state index is 12.1. The number of amides is 4. The summed E-state index contributed by atoms with van der Waals surface area (Å²) >= 11 is 0. The molecule has 0 aromatic carbocycles. The van der Waals surface area contributed by atoms with Crippen LogP contribution in [-0.2, 0) is 19.1 Å². The first-order chi connectivity index (χ1) is 11.9. The fourth-order valence-electron chi connectivity index (χ4n) is 2.11. The first-order valence-electron chi connectivity index (χ1n) is 8.57. The van der Waals surface area contributed by atoms with Crippen LogP contribution in [0, 0.1) is 0 Å². The lowest BCUT2D eigenvalue weighted by atomic mass is 10.1. The highest BCUT2D eigenvalue weighted by molar-refractivity contribution is 5.91. The van der Waals surface area contributed by atoms with Crippen molar-refractivity contribution in [1.82, 2.24) is 16.0 Å². The van der Waals surface area contributed by atoms with E-state index in [0.29, 0.717) is 6.42 Å². The van der Waals surface area contributed by atoms with Crippen LogP contribution in [0.4, 0.5) is 4.79 Å². The molecular formula is C16H30N4O5. The smallest absolute Gasteiger partial charge is 0.406 e. The quantitative estimate of drug-likeness (QED) is 0.348. The zero-order valence-electron chi connectivity index (χ0n) is 15.1. The molecule has 0 saturated heterocycles. The van der Waals surface area contributed by atoms with Crippen molar-refractivity contribution in [2.45, 2.75) is 57.9 Å². The Kier molecular flexibility index (Phi) is 12.8. The van der Waals surface area contributed by atoms with Crippen LogP contribution < -0.4 is 21.7 Å². The second-order valence-electron chi connectivity index (χ2n) is 5.66. The zero-order chi connectivity index (χ0) is 19.1. The molecule has 0 radical (unpaired) electrons. The van der Waals surface area contributed by atoms with Gasteiger partial charge in [0.2, 0.25) is 17.7 Å². The third-order valence-corrected chi connectivity index (χ3v) is 3.44. The average molecular weight is 358 g/mol. The van der Waals surface area contributed by atoms with Gasteiger partial charge in [0.1, 0.15) is 6.04 Å². The summed E-state index contributed by atoms with van der Waals surface area (Å²) in [6.45, 7) is 2.41. The number of alkyl carbamates (subject to hydrolysis) is 1. The van der Waals surface area contributed by atoms with E-state index in [1.807, 2.05) is 0 Å². The Morgan fingerprint density at radius 2 is 1.64 bits per heavy atom. The number of ether oxygens (including phenoxy) is 1. The second-order valence-corrected chi connectivity index (χ2v) is 5.66. The van der Waals surface area contributed by atoms with Gasteiger partial charge in [0.05, 0.1) is 13.5 Å². The predicted molar refractivity (Wildman–Crippen MR) is 92.5 cm³/mol. The van der Waals surface area contributed by atoms with Gasteiger partial charge in [-0.3, -0.25) is 14.4 Å². The maximum Gasteiger partial charge on any atom is 0.406 e. The van der Waals surface area contributed by atoms with Crippen molar-refractivity contribution in [2.24, 2.45) is 5.73 Å². The first kappa shape index (κ1) is 22.7. The van der Waals surface area contributed by atoms with Gasteiger partial charge < -0.3 is 26.4 Å². The molecule has 0 unspecified atom stereocenters. The molecule has 0 saturated carbocycles. The van der Waals surface area contributed by atoms with Gasteiger partial charge in [-0.2, -0.15) is 0 Å². The molecule has 9 heteroatoms. The van der Waals surface area contributed by atoms with E-state index in [2.05, 4.69) is 27.6 Å². The van der Waals surface area contributed by atoms with Gasteiger partial charge in [-0.15, -0.1) is 0 Å². The molecule has 4 amide bonds. The Balaban J connectivity index is 4.24. The molecule has 0 spiro atoms. The van der Waals surface area contributed by atoms with E-state index in [1.54, 1.807) is 0 Å². The minimum Gasteiger partial charge on any atom is -0.453 e. The Bertz CT molecular complexity index is 442. The molecule has 25 heavy (non-hydrogen) atoms. The number of carbonyl (C=O) groups is 4. The highest BCUT2D eigenvalue weighted by Crippen LogP contribution is 2.05. The van der Waals surface area contributed by atoms with Gasteiger partial charge in [-0.25, -0.2) is 4.79 Å². The SMILES string of the molecule is CCCCCCCC(=O)N[C@H](CC(N)=O)C(=O)NCCNC(=O)OC. The molecule has 9 nitrogen and oxygen atoms in total. The van der Waals surface area contributed by atoms with Crippen LogP contribution in [0.1, 0.15) is 51.9 Å². The summed E-state index contributed by atoms with van der Waals surface area (Å²) < 4.78 is 4.39. The number of methoxy groups -OCH3 is 1. The van der Waals surface area contributed by atoms with E-state index < -0.39 is 23.9 Å². The summed E-state index contributed by atoms with van der Waals surface area (Å²) in [6, 6.07) is -1.02. The largest absolute Gasteiger partial charge is 0.453 e. The van der Waals surface area contributed by atoms with E-state index in [9.17, 15) is 19.2 Å². The lowest BCUT2D eigenvalue weighted by molar-refractivity contribution is -0.131. The maximum absolute atomic E-state index is 12.1. The first-order valence-corrected chi connectivity index (χ1v) is 8.57. The zero-order valence-corrected chi connectivity index (χ0v) is 15.1. The monoisotopic (exact) mass is 358 g/mol. The third-order valence-electron chi connectivity index (χ3n) is 3.44. The highest BCUT2D eigenvalue weighted by Gasteiger charge is 2.22. The highest BCUT2D eigenvalue weighted by atomic mass is 16.5. The summed E-state index contributed by atoms with van der Waals surface area (Å²) in [7, 11) is 1.23. The number of hydrogen-bond donors (Lipinski definition) is 4. The van der Waals surface area contributed by atoms with Crippen LogP contribution in [0.3, 0.4) is 0 Å². The molecule has 144 valence electrons. The van der Waals surface area contributed by atoms with Gasteiger partial charge in [0.15, 0.2) is 0 Å². The minimum atomic E-state index is -1.02. The van der Waals surface area contributed by atoms with Crippen molar-refractivity contribution < 1.29 is 23.9 Å². The van der Waals surface area contributed by atoms with E-state index in [1.165, 1.54) is 7.11 Å². The van der Waals surface area contributed by atoms with Crippen LogP contribution in [-0.4, -0.2) is 50.1 Å². The van der Waals surface area contributed by atoms with Crippen LogP contribution in [0.15, 0.2) is 0 Å². The molecule has 0 fully saturated rings. The van der Waals surface area contributed by atoms with Gasteiger partial charge >= 0.3 is 6.09 Å². The van der Waals surface area contributed by atoms with Gasteiger partial charge in [0, 0.05) is 19.5 Å². The molecule has 0 aliphatic rings. The molecule has 0 rings (SSSR count). The van der Waals surface area contributed by atoms with E-state index in [4.69, 9.17) is 5.73 Å². The number of rotatable bonds is 13. The van der Waals surface area contributed by atoms with Crippen molar-refractivity contribution in [3.63, 3.8) is 0 Å². The summed E-state index contributed by atoms with van der Waals surface area (Å²) in [5.74, 6) is -1.49. The number of carbonyl (C=O) groups excluding carboxylic acids is 4. The third kappa shape index (κ3) is 12.7. The molecule has 0 aromatic rings. The fraction of sp³-hybridized carbons (Fsp3) is 0.750. The summed E-state index contributed by atoms with van der Waals surface area (Å²) in [5.41, 5.74) is 5.13. The van der Waals surface area contributed by atoms with Crippen LogP contribution in [0.2, 0.25) is 0 Å². The lowest BCUT2D eigenvalue weighted by Gasteiger charge is -2.17. The topological polar surface area (TPSA) is 140 Å². The van der Waals surface area contributed by atoms with E-state index in [0.717, 1.165) is 32.1 Å². The molecule has 0 bridgehead atoms. The number of primary amides is 1. The summed E-state index contributed by atoms with van der Waals surface area (Å²) in [4.78, 5) is 46.0. The van der Waals surface area contributed by atoms with Crippen molar-refractivity contribution >= 4 is 23.8 Å². The molecule has 0 aliphatic heterocycles. The molecule has 5 N–H and O–H groups in total. The number of hydrogen-bond acceptors (Lipinski definition) is 5. The van der Waals surface area contributed by atoms with Gasteiger partial charge in [-0.1, -0.05) is 32.6 Å². The predicted octanol–water partition coefficient (Wildman–Crippen LogP) is 0.179. The molecule has 0 aromatic heterocycles. The molecule has 0 aliphatic carbocycles. The number of unbranched alkanes of at least 4 members (excludes halogenated alkanes) is 4. The Labute approximate surface area is 148 Å². The van der Waals surface area contributed by atoms with Gasteiger partial charge in [0.25, 0.3) is 0 Å². The molecular weight excluding hydrogens is 328 g/mol. The number of nitrogens with two attached hydrogens (primary N) is 1. The number of nitrogens with one attached hydrogen (secondary N) is 3. The van der Waals surface area contributed by atoms with Crippen molar-refractivity contribution in [2.75, 3.05) is 20.2 Å². The van der Waals surface area contributed by atoms with E-state index in [-0.39, 0.29) is 25.4 Å². The van der Waals surface area contributed by atoms with Gasteiger partial charge in [-0.05, 0) is 6.42 Å². The van der Waals surface area contributed by atoms with Crippen LogP contribution in [0.25, 0.3) is 0 Å². The van der Waals surface area contributed by atoms with Crippen molar-refractivity contribution in [3.05, 3.63) is 0 Å². The minimum absolute atomic E-state index is 0.135. The van der Waals surface area contributed by atoms with Crippen LogP contribution in [0.5, 0.6) is 0 Å². The Morgan fingerprint density at radius 1 is 1.00 bits per heavy atom. The average Bonchev–Trinajstić information content (AvgIpc) is 2.57. The Hall–Kier alpha value is -2.32. The van der Waals surface area contributed by atoms with E-state index >= 15 is 0 Å². The van der Waals surface area contributed by atoms with Crippen molar-refractivity contribution in [1.29, 1.82) is 0 Å².